The van der Waals surface area contributed by atoms with Gasteiger partial charge in [-0.25, -0.2) is 4.68 Å². The highest BCUT2D eigenvalue weighted by atomic mass is 16.6. The molecule has 0 aliphatic rings. The van der Waals surface area contributed by atoms with Crippen LogP contribution in [0.3, 0.4) is 0 Å². The zero-order valence-corrected chi connectivity index (χ0v) is 13.1. The van der Waals surface area contributed by atoms with Gasteiger partial charge >= 0.3 is 0 Å². The highest BCUT2D eigenvalue weighted by molar-refractivity contribution is 5.79. The Bertz CT molecular complexity index is 949. The Hall–Kier alpha value is -3.53. The Morgan fingerprint density at radius 3 is 2.71 bits per heavy atom. The molecule has 1 aromatic carbocycles. The number of nitro groups is 1. The molecule has 7 nitrogen and oxygen atoms in total. The normalized spacial score (nSPS) is 11.0. The van der Waals surface area contributed by atoms with Crippen LogP contribution in [0, 0.1) is 35.3 Å². The van der Waals surface area contributed by atoms with E-state index in [2.05, 4.69) is 5.10 Å². The molecule has 24 heavy (non-hydrogen) atoms. The van der Waals surface area contributed by atoms with Crippen molar-refractivity contribution < 1.29 is 4.92 Å². The number of nitrogens with zero attached hydrogens (tertiary/aromatic N) is 4. The number of hydrogen-bond acceptors (Lipinski definition) is 5. The Labute approximate surface area is 137 Å². The predicted molar refractivity (Wildman–Crippen MR) is 90.9 cm³/mol. The van der Waals surface area contributed by atoms with Gasteiger partial charge in [-0.2, -0.15) is 10.4 Å². The van der Waals surface area contributed by atoms with Crippen LogP contribution in [0.1, 0.15) is 22.4 Å². The van der Waals surface area contributed by atoms with Crippen molar-refractivity contribution in [2.75, 3.05) is 0 Å². The van der Waals surface area contributed by atoms with Gasteiger partial charge in [0.15, 0.2) is 0 Å². The van der Waals surface area contributed by atoms with Crippen LogP contribution in [0.15, 0.2) is 46.3 Å². The van der Waals surface area contributed by atoms with Crippen molar-refractivity contribution in [2.24, 2.45) is 5.10 Å². The molecule has 120 valence electrons. The summed E-state index contributed by atoms with van der Waals surface area (Å²) < 4.78 is 1.12. The van der Waals surface area contributed by atoms with Gasteiger partial charge in [0, 0.05) is 18.0 Å². The van der Waals surface area contributed by atoms with E-state index in [1.54, 1.807) is 38.1 Å². The molecule has 0 amide bonds. The molecule has 0 N–H and O–H groups in total. The maximum atomic E-state index is 12.2. The smallest absolute Gasteiger partial charge is 0.266 e. The van der Waals surface area contributed by atoms with Crippen molar-refractivity contribution in [3.05, 3.63) is 79.3 Å². The van der Waals surface area contributed by atoms with Crippen LogP contribution in [0.4, 0.5) is 5.69 Å². The molecule has 2 aromatic rings. The standard InChI is InChI=1S/C17H14N4O3/c1-12-10-13(2)20(17(22)15(12)11-18)19-9-5-7-14-6-3-4-8-16(14)21(23)24/h3-10H,1-2H3/b7-5+,19-9-. The predicted octanol–water partition coefficient (Wildman–Crippen LogP) is 2.79. The quantitative estimate of drug-likeness (QED) is 0.490. The third-order valence-corrected chi connectivity index (χ3v) is 3.35. The summed E-state index contributed by atoms with van der Waals surface area (Å²) in [6, 6.07) is 9.86. The summed E-state index contributed by atoms with van der Waals surface area (Å²) in [6.07, 6.45) is 4.38. The van der Waals surface area contributed by atoms with Gasteiger partial charge in [-0.3, -0.25) is 14.9 Å². The minimum Gasteiger partial charge on any atom is -0.266 e. The number of para-hydroxylation sites is 1. The molecular formula is C17H14N4O3. The van der Waals surface area contributed by atoms with Crippen molar-refractivity contribution in [1.82, 2.24) is 4.68 Å². The molecule has 1 heterocycles. The second-order valence-electron chi connectivity index (χ2n) is 5.01. The molecule has 0 saturated heterocycles. The lowest BCUT2D eigenvalue weighted by Gasteiger charge is -2.05. The van der Waals surface area contributed by atoms with Gasteiger partial charge in [0.1, 0.15) is 11.6 Å². The van der Waals surface area contributed by atoms with Crippen LogP contribution in [0.25, 0.3) is 6.08 Å². The maximum absolute atomic E-state index is 12.2. The molecule has 0 aliphatic carbocycles. The topological polar surface area (TPSA) is 101 Å². The lowest BCUT2D eigenvalue weighted by Crippen LogP contribution is -2.22. The molecular weight excluding hydrogens is 308 g/mol. The van der Waals surface area contributed by atoms with E-state index in [0.29, 0.717) is 16.8 Å². The van der Waals surface area contributed by atoms with Crippen molar-refractivity contribution in [3.8, 4) is 6.07 Å². The molecule has 0 saturated carbocycles. The number of benzene rings is 1. The number of aryl methyl sites for hydroxylation is 2. The highest BCUT2D eigenvalue weighted by Gasteiger charge is 2.09. The molecule has 2 rings (SSSR count). The average Bonchev–Trinajstić information content (AvgIpc) is 2.54. The van der Waals surface area contributed by atoms with Crippen LogP contribution < -0.4 is 5.56 Å². The number of hydrogen-bond donors (Lipinski definition) is 0. The zero-order chi connectivity index (χ0) is 17.7. The maximum Gasteiger partial charge on any atom is 0.289 e. The van der Waals surface area contributed by atoms with E-state index in [1.165, 1.54) is 24.4 Å². The van der Waals surface area contributed by atoms with Gasteiger partial charge < -0.3 is 0 Å². The first-order valence-electron chi connectivity index (χ1n) is 7.03. The summed E-state index contributed by atoms with van der Waals surface area (Å²) in [5.74, 6) is 0. The van der Waals surface area contributed by atoms with Crippen molar-refractivity contribution in [1.29, 1.82) is 5.26 Å². The van der Waals surface area contributed by atoms with Gasteiger partial charge in [0.2, 0.25) is 0 Å². The molecule has 0 fully saturated rings. The van der Waals surface area contributed by atoms with Crippen molar-refractivity contribution in [3.63, 3.8) is 0 Å². The average molecular weight is 322 g/mol. The van der Waals surface area contributed by atoms with Crippen LogP contribution in [-0.4, -0.2) is 15.8 Å². The van der Waals surface area contributed by atoms with Crippen LogP contribution in [0.2, 0.25) is 0 Å². The molecule has 1 aromatic heterocycles. The number of aromatic nitrogens is 1. The highest BCUT2D eigenvalue weighted by Crippen LogP contribution is 2.18. The van der Waals surface area contributed by atoms with E-state index in [1.807, 2.05) is 6.07 Å². The lowest BCUT2D eigenvalue weighted by molar-refractivity contribution is -0.385. The summed E-state index contributed by atoms with van der Waals surface area (Å²) in [5, 5.41) is 24.0. The summed E-state index contributed by atoms with van der Waals surface area (Å²) in [4.78, 5) is 22.6. The van der Waals surface area contributed by atoms with E-state index in [4.69, 9.17) is 5.26 Å². The molecule has 0 aliphatic heterocycles. The number of allylic oxidation sites excluding steroid dienone is 1. The summed E-state index contributed by atoms with van der Waals surface area (Å²) in [5.41, 5.74) is 1.15. The van der Waals surface area contributed by atoms with Crippen LogP contribution >= 0.6 is 0 Å². The first-order chi connectivity index (χ1) is 11.5. The largest absolute Gasteiger partial charge is 0.289 e. The van der Waals surface area contributed by atoms with Gasteiger partial charge in [-0.05, 0) is 43.7 Å². The van der Waals surface area contributed by atoms with E-state index in [9.17, 15) is 14.9 Å². The van der Waals surface area contributed by atoms with E-state index < -0.39 is 10.5 Å². The fourth-order valence-corrected chi connectivity index (χ4v) is 2.21. The van der Waals surface area contributed by atoms with Gasteiger partial charge in [0.05, 0.1) is 10.5 Å². The molecule has 7 heteroatoms. The van der Waals surface area contributed by atoms with Gasteiger partial charge in [-0.15, -0.1) is 0 Å². The van der Waals surface area contributed by atoms with Crippen LogP contribution in [0.5, 0.6) is 0 Å². The monoisotopic (exact) mass is 322 g/mol. The molecule has 0 atom stereocenters. The molecule has 0 radical (unpaired) electrons. The minimum absolute atomic E-state index is 0.0161. The third kappa shape index (κ3) is 3.44. The van der Waals surface area contributed by atoms with E-state index in [-0.39, 0.29) is 11.3 Å². The first-order valence-corrected chi connectivity index (χ1v) is 7.03. The second-order valence-corrected chi connectivity index (χ2v) is 5.01. The fourth-order valence-electron chi connectivity index (χ4n) is 2.21. The van der Waals surface area contributed by atoms with Crippen molar-refractivity contribution in [2.45, 2.75) is 13.8 Å². The molecule has 0 unspecified atom stereocenters. The fraction of sp³-hybridized carbons (Fsp3) is 0.118. The van der Waals surface area contributed by atoms with Gasteiger partial charge in [0.25, 0.3) is 11.2 Å². The number of pyridine rings is 1. The minimum atomic E-state index is -0.495. The Balaban J connectivity index is 2.33. The third-order valence-electron chi connectivity index (χ3n) is 3.35. The van der Waals surface area contributed by atoms with Gasteiger partial charge in [-0.1, -0.05) is 12.1 Å². The summed E-state index contributed by atoms with van der Waals surface area (Å²) in [6.45, 7) is 3.40. The first kappa shape index (κ1) is 16.8. The Morgan fingerprint density at radius 1 is 1.33 bits per heavy atom. The SMILES string of the molecule is Cc1cc(C)n(/N=C\C=C\c2ccccc2[N+](=O)[O-])c(=O)c1C#N. The van der Waals surface area contributed by atoms with Crippen LogP contribution in [-0.2, 0) is 0 Å². The second kappa shape index (κ2) is 7.15. The number of nitro benzene ring substituents is 1. The summed E-state index contributed by atoms with van der Waals surface area (Å²) >= 11 is 0. The summed E-state index contributed by atoms with van der Waals surface area (Å²) in [7, 11) is 0. The Kier molecular flexibility index (Phi) is 5.02. The lowest BCUT2D eigenvalue weighted by atomic mass is 10.1. The number of rotatable bonds is 4. The number of nitriles is 1. The Morgan fingerprint density at radius 2 is 2.04 bits per heavy atom. The van der Waals surface area contributed by atoms with E-state index in [0.717, 1.165) is 4.68 Å². The zero-order valence-electron chi connectivity index (χ0n) is 13.1. The van der Waals surface area contributed by atoms with Crippen molar-refractivity contribution >= 4 is 18.0 Å². The van der Waals surface area contributed by atoms with E-state index >= 15 is 0 Å². The molecule has 0 bridgehead atoms. The molecule has 0 spiro atoms.